The highest BCUT2D eigenvalue weighted by Crippen LogP contribution is 2.36. The van der Waals surface area contributed by atoms with E-state index in [4.69, 9.17) is 23.2 Å². The highest BCUT2D eigenvalue weighted by atomic mass is 35.5. The molecule has 5 heteroatoms. The van der Waals surface area contributed by atoms with E-state index in [1.54, 1.807) is 22.7 Å². The molecule has 1 N–H and O–H groups in total. The van der Waals surface area contributed by atoms with E-state index in [9.17, 15) is 0 Å². The maximum absolute atomic E-state index is 6.24. The molecule has 0 saturated heterocycles. The number of para-hydroxylation sites is 1. The Morgan fingerprint density at radius 1 is 0.900 bits per heavy atom. The van der Waals surface area contributed by atoms with Crippen molar-refractivity contribution in [2.24, 2.45) is 0 Å². The van der Waals surface area contributed by atoms with Crippen LogP contribution in [0.25, 0.3) is 0 Å². The molecule has 1 nitrogen and oxygen atoms in total. The quantitative estimate of drug-likeness (QED) is 0.586. The van der Waals surface area contributed by atoms with Gasteiger partial charge in [-0.05, 0) is 35.7 Å². The normalized spacial score (nSPS) is 12.3. The molecule has 1 unspecified atom stereocenters. The Labute approximate surface area is 135 Å². The maximum atomic E-state index is 6.24. The summed E-state index contributed by atoms with van der Waals surface area (Å²) in [6, 6.07) is 16.0. The average molecular weight is 340 g/mol. The first-order chi connectivity index (χ1) is 9.74. The van der Waals surface area contributed by atoms with Crippen LogP contribution in [0.2, 0.25) is 9.36 Å². The summed E-state index contributed by atoms with van der Waals surface area (Å²) >= 11 is 15.6. The van der Waals surface area contributed by atoms with Gasteiger partial charge in [0, 0.05) is 9.75 Å². The van der Waals surface area contributed by atoms with Crippen molar-refractivity contribution in [2.75, 3.05) is 5.32 Å². The molecule has 0 spiro atoms. The highest BCUT2D eigenvalue weighted by molar-refractivity contribution is 7.16. The largest absolute Gasteiger partial charge is 0.372 e. The molecule has 20 heavy (non-hydrogen) atoms. The van der Waals surface area contributed by atoms with Crippen molar-refractivity contribution in [1.82, 2.24) is 0 Å². The molecule has 0 amide bonds. The molecule has 0 aliphatic heterocycles. The minimum absolute atomic E-state index is 0.0763. The molecule has 0 saturated carbocycles. The number of hydrogen-bond donors (Lipinski definition) is 1. The minimum atomic E-state index is 0.0763. The zero-order valence-electron chi connectivity index (χ0n) is 10.3. The first-order valence-corrected chi connectivity index (χ1v) is 8.49. The second kappa shape index (κ2) is 6.19. The van der Waals surface area contributed by atoms with Gasteiger partial charge >= 0.3 is 0 Å². The van der Waals surface area contributed by atoms with Crippen LogP contribution in [0.5, 0.6) is 0 Å². The summed E-state index contributed by atoms with van der Waals surface area (Å²) in [6.45, 7) is 0. The third-order valence-corrected chi connectivity index (χ3v) is 5.44. The van der Waals surface area contributed by atoms with Crippen LogP contribution in [-0.4, -0.2) is 0 Å². The lowest BCUT2D eigenvalue weighted by molar-refractivity contribution is 0.993. The van der Waals surface area contributed by atoms with Crippen molar-refractivity contribution in [3.8, 4) is 0 Å². The van der Waals surface area contributed by atoms with Crippen LogP contribution in [0.15, 0.2) is 53.9 Å². The van der Waals surface area contributed by atoms with E-state index in [1.165, 1.54) is 9.75 Å². The van der Waals surface area contributed by atoms with E-state index in [0.29, 0.717) is 0 Å². The van der Waals surface area contributed by atoms with E-state index in [-0.39, 0.29) is 6.04 Å². The number of hydrogen-bond acceptors (Lipinski definition) is 3. The lowest BCUT2D eigenvalue weighted by Crippen LogP contribution is -2.09. The van der Waals surface area contributed by atoms with Gasteiger partial charge in [0.25, 0.3) is 0 Å². The zero-order valence-corrected chi connectivity index (χ0v) is 13.5. The molecule has 0 bridgehead atoms. The summed E-state index contributed by atoms with van der Waals surface area (Å²) in [4.78, 5) is 2.42. The smallest absolute Gasteiger partial charge is 0.0954 e. The fourth-order valence-corrected chi connectivity index (χ4v) is 4.14. The molecule has 2 aromatic heterocycles. The average Bonchev–Trinajstić information content (AvgIpc) is 3.09. The van der Waals surface area contributed by atoms with Crippen molar-refractivity contribution in [3.05, 3.63) is 73.0 Å². The number of rotatable bonds is 4. The van der Waals surface area contributed by atoms with Crippen LogP contribution < -0.4 is 5.32 Å². The lowest BCUT2D eigenvalue weighted by Gasteiger charge is -2.18. The molecule has 2 heterocycles. The predicted molar refractivity (Wildman–Crippen MR) is 90.6 cm³/mol. The first kappa shape index (κ1) is 14.0. The molecule has 0 radical (unpaired) electrons. The van der Waals surface area contributed by atoms with Gasteiger partial charge in [0.2, 0.25) is 0 Å². The van der Waals surface area contributed by atoms with Gasteiger partial charge in [-0.1, -0.05) is 41.4 Å². The van der Waals surface area contributed by atoms with Gasteiger partial charge in [-0.3, -0.25) is 0 Å². The summed E-state index contributed by atoms with van der Waals surface area (Å²) < 4.78 is 0.794. The van der Waals surface area contributed by atoms with E-state index in [0.717, 1.165) is 15.0 Å². The Bertz CT molecular complexity index is 691. The Morgan fingerprint density at radius 3 is 2.40 bits per heavy atom. The number of halogens is 2. The van der Waals surface area contributed by atoms with Crippen LogP contribution in [0, 0.1) is 0 Å². The zero-order chi connectivity index (χ0) is 13.9. The molecule has 1 aromatic carbocycles. The molecular formula is C15H11Cl2NS2. The predicted octanol–water partition coefficient (Wildman–Crippen LogP) is 6.32. The second-order valence-corrected chi connectivity index (χ2v) is 7.35. The number of nitrogens with one attached hydrogen (secondary N) is 1. The molecule has 0 fully saturated rings. The molecule has 3 aromatic rings. The lowest BCUT2D eigenvalue weighted by atomic mass is 10.2. The van der Waals surface area contributed by atoms with Crippen LogP contribution in [0.3, 0.4) is 0 Å². The Kier molecular flexibility index (Phi) is 4.32. The van der Waals surface area contributed by atoms with Gasteiger partial charge in [0.1, 0.15) is 0 Å². The van der Waals surface area contributed by atoms with E-state index >= 15 is 0 Å². The highest BCUT2D eigenvalue weighted by Gasteiger charge is 2.18. The fourth-order valence-electron chi connectivity index (χ4n) is 1.96. The summed E-state index contributed by atoms with van der Waals surface area (Å²) in [5.41, 5.74) is 0.928. The topological polar surface area (TPSA) is 12.0 Å². The molecule has 1 atom stereocenters. The minimum Gasteiger partial charge on any atom is -0.372 e. The van der Waals surface area contributed by atoms with Crippen molar-refractivity contribution in [2.45, 2.75) is 6.04 Å². The van der Waals surface area contributed by atoms with Crippen molar-refractivity contribution in [1.29, 1.82) is 0 Å². The summed E-state index contributed by atoms with van der Waals surface area (Å²) in [6.07, 6.45) is 0. The van der Waals surface area contributed by atoms with Gasteiger partial charge in [-0.15, -0.1) is 22.7 Å². The number of thiophene rings is 2. The van der Waals surface area contributed by atoms with Gasteiger partial charge in [0.05, 0.1) is 21.1 Å². The summed E-state index contributed by atoms with van der Waals surface area (Å²) in [5.74, 6) is 0. The van der Waals surface area contributed by atoms with Crippen molar-refractivity contribution in [3.63, 3.8) is 0 Å². The fraction of sp³-hybridized carbons (Fsp3) is 0.0667. The van der Waals surface area contributed by atoms with Gasteiger partial charge in [-0.2, -0.15) is 0 Å². The standard InChI is InChI=1S/C15H11Cl2NS2/c16-10-4-1-2-5-11(10)18-15(12-6-3-9-19-12)13-7-8-14(17)20-13/h1-9,15,18H. The number of benzene rings is 1. The molecular weight excluding hydrogens is 329 g/mol. The monoisotopic (exact) mass is 339 g/mol. The van der Waals surface area contributed by atoms with Crippen LogP contribution in [0.4, 0.5) is 5.69 Å². The van der Waals surface area contributed by atoms with E-state index in [1.807, 2.05) is 30.3 Å². The third kappa shape index (κ3) is 3.01. The van der Waals surface area contributed by atoms with Crippen LogP contribution >= 0.6 is 45.9 Å². The molecule has 0 aliphatic carbocycles. The maximum Gasteiger partial charge on any atom is 0.0954 e. The van der Waals surface area contributed by atoms with E-state index < -0.39 is 0 Å². The van der Waals surface area contributed by atoms with E-state index in [2.05, 4.69) is 28.9 Å². The summed E-state index contributed by atoms with van der Waals surface area (Å²) in [7, 11) is 0. The SMILES string of the molecule is Clc1ccc(C(Nc2ccccc2Cl)c2cccs2)s1. The van der Waals surface area contributed by atoms with Crippen LogP contribution in [-0.2, 0) is 0 Å². The summed E-state index contributed by atoms with van der Waals surface area (Å²) in [5, 5.41) is 6.30. The van der Waals surface area contributed by atoms with Gasteiger partial charge in [-0.25, -0.2) is 0 Å². The second-order valence-electron chi connectivity index (χ2n) is 4.21. The van der Waals surface area contributed by atoms with Crippen molar-refractivity contribution >= 4 is 51.6 Å². The third-order valence-electron chi connectivity index (χ3n) is 2.88. The van der Waals surface area contributed by atoms with Crippen LogP contribution in [0.1, 0.15) is 15.8 Å². The molecule has 102 valence electrons. The Balaban J connectivity index is 1.97. The molecule has 0 aliphatic rings. The Morgan fingerprint density at radius 2 is 1.75 bits per heavy atom. The first-order valence-electron chi connectivity index (χ1n) is 6.04. The van der Waals surface area contributed by atoms with Gasteiger partial charge < -0.3 is 5.32 Å². The number of anilines is 1. The molecule has 3 rings (SSSR count). The Hall–Kier alpha value is -1.000. The van der Waals surface area contributed by atoms with Crippen molar-refractivity contribution < 1.29 is 0 Å². The van der Waals surface area contributed by atoms with Gasteiger partial charge in [0.15, 0.2) is 0 Å².